The predicted molar refractivity (Wildman–Crippen MR) is 398 cm³/mol. The van der Waals surface area contributed by atoms with Crippen molar-refractivity contribution in [3.8, 4) is 0 Å². The van der Waals surface area contributed by atoms with Gasteiger partial charge in [-0.15, -0.1) is 0 Å². The van der Waals surface area contributed by atoms with E-state index in [0.29, 0.717) is 58.7 Å². The first kappa shape index (κ1) is 79.7. The second kappa shape index (κ2) is 38.1. The summed E-state index contributed by atoms with van der Waals surface area (Å²) < 4.78 is 0. The van der Waals surface area contributed by atoms with Crippen LogP contribution in [-0.2, 0) is 64.0 Å². The van der Waals surface area contributed by atoms with E-state index in [9.17, 15) is 34.2 Å². The summed E-state index contributed by atoms with van der Waals surface area (Å²) >= 11 is 0. The minimum atomic E-state index is -2.00. The van der Waals surface area contributed by atoms with Crippen LogP contribution in [0.2, 0.25) is 0 Å². The van der Waals surface area contributed by atoms with Crippen LogP contribution < -0.4 is 59.7 Å². The SMILES string of the molecule is CN1C(=O)C(CC2=CCCC=C2)NC(=O)C=C(CC(=O)O)NC(=O)C(CC(=O)O)NC(=O)C(Cc2ccccc2)NC(=O)CC(c2cccc3ccccc23)N(C)C(=O)C(CCCNC(=N)N)NC(=O)C2CCCN2C(=O)C2CCCN2C(=O)C(CCCNC(N)N)NC(=O)CC1c1cccc2ccccc12. The molecule has 2 saturated heterocycles. The van der Waals surface area contributed by atoms with Crippen molar-refractivity contribution in [2.45, 2.75) is 163 Å². The molecule has 10 amide bonds. The van der Waals surface area contributed by atoms with Crippen LogP contribution in [0.3, 0.4) is 0 Å². The van der Waals surface area contributed by atoms with Crippen LogP contribution in [0, 0.1) is 5.41 Å². The highest BCUT2D eigenvalue weighted by Crippen LogP contribution is 2.35. The van der Waals surface area contributed by atoms with Gasteiger partial charge in [0.15, 0.2) is 5.96 Å². The Labute approximate surface area is 619 Å². The molecule has 3 heterocycles. The van der Waals surface area contributed by atoms with Gasteiger partial charge in [-0.1, -0.05) is 133 Å². The van der Waals surface area contributed by atoms with E-state index in [2.05, 4.69) is 42.5 Å². The van der Waals surface area contributed by atoms with Gasteiger partial charge in [0.05, 0.1) is 37.8 Å². The fourth-order valence-corrected chi connectivity index (χ4v) is 14.4. The summed E-state index contributed by atoms with van der Waals surface area (Å²) in [6, 6.07) is 21.3. The lowest BCUT2D eigenvalue weighted by molar-refractivity contribution is -0.148. The number of allylic oxidation sites excluding steroid dienone is 3. The Kier molecular flexibility index (Phi) is 28.4. The summed E-state index contributed by atoms with van der Waals surface area (Å²) in [5.74, 6) is -11.7. The van der Waals surface area contributed by atoms with E-state index in [4.69, 9.17) is 22.6 Å². The van der Waals surface area contributed by atoms with Crippen molar-refractivity contribution in [1.29, 1.82) is 5.41 Å². The largest absolute Gasteiger partial charge is 0.481 e. The van der Waals surface area contributed by atoms with Crippen LogP contribution in [0.5, 0.6) is 0 Å². The monoisotopic (exact) mass is 1470 g/mol. The molecule has 17 N–H and O–H groups in total. The van der Waals surface area contributed by atoms with Gasteiger partial charge < -0.3 is 84.2 Å². The smallest absolute Gasteiger partial charge is 0.309 e. The highest BCUT2D eigenvalue weighted by molar-refractivity contribution is 6.00. The number of rotatable bonds is 19. The number of nitrogens with one attached hydrogen (secondary N) is 9. The fraction of sp³-hybridized carbons (Fsp3) is 0.416. The van der Waals surface area contributed by atoms with Crippen LogP contribution in [0.1, 0.15) is 125 Å². The lowest BCUT2D eigenvalue weighted by Gasteiger charge is -2.35. The minimum absolute atomic E-state index is 0.0141. The zero-order valence-electron chi connectivity index (χ0n) is 60.0. The molecule has 568 valence electrons. The van der Waals surface area contributed by atoms with Gasteiger partial charge in [-0.3, -0.25) is 68.3 Å². The number of carboxylic acid groups (broad SMARTS) is 2. The van der Waals surface area contributed by atoms with Crippen molar-refractivity contribution in [2.24, 2.45) is 17.2 Å². The Morgan fingerprint density at radius 2 is 1.10 bits per heavy atom. The minimum Gasteiger partial charge on any atom is -0.481 e. The summed E-state index contributed by atoms with van der Waals surface area (Å²) in [4.78, 5) is 182. The molecule has 5 aromatic carbocycles. The van der Waals surface area contributed by atoms with E-state index >= 15 is 33.6 Å². The molecule has 0 aromatic heterocycles. The van der Waals surface area contributed by atoms with Crippen LogP contribution in [0.25, 0.3) is 21.5 Å². The number of hydrogen-bond acceptors (Lipinski definition) is 16. The van der Waals surface area contributed by atoms with Crippen LogP contribution in [0.15, 0.2) is 151 Å². The van der Waals surface area contributed by atoms with Crippen LogP contribution in [-0.4, -0.2) is 196 Å². The number of benzene rings is 5. The molecule has 0 saturated carbocycles. The molecule has 0 radical (unpaired) electrons. The first-order valence-electron chi connectivity index (χ1n) is 36.1. The Hall–Kier alpha value is -11.4. The van der Waals surface area contributed by atoms with Crippen molar-refractivity contribution in [3.63, 3.8) is 0 Å². The van der Waals surface area contributed by atoms with Gasteiger partial charge in [-0.25, -0.2) is 0 Å². The Balaban J connectivity index is 1.14. The molecule has 5 aromatic rings. The second-order valence-electron chi connectivity index (χ2n) is 27.4. The second-order valence-corrected chi connectivity index (χ2v) is 27.4. The number of nitrogens with zero attached hydrogens (tertiary/aromatic N) is 4. The highest BCUT2D eigenvalue weighted by atomic mass is 16.4. The third-order valence-corrected chi connectivity index (χ3v) is 19.7. The third-order valence-electron chi connectivity index (χ3n) is 19.7. The molecule has 4 aliphatic rings. The van der Waals surface area contributed by atoms with E-state index in [1.807, 2.05) is 54.6 Å². The van der Waals surface area contributed by atoms with Gasteiger partial charge >= 0.3 is 11.9 Å². The van der Waals surface area contributed by atoms with E-state index in [1.54, 1.807) is 78.9 Å². The summed E-state index contributed by atoms with van der Waals surface area (Å²) in [5, 5.41) is 52.8. The summed E-state index contributed by atoms with van der Waals surface area (Å²) in [6.07, 6.45) is 4.62. The van der Waals surface area contributed by atoms with Crippen LogP contribution >= 0.6 is 0 Å². The van der Waals surface area contributed by atoms with Crippen molar-refractivity contribution in [1.82, 2.24) is 62.1 Å². The molecular weight excluding hydrogens is 1370 g/mol. The molecule has 30 nitrogen and oxygen atoms in total. The molecule has 107 heavy (non-hydrogen) atoms. The number of likely N-dealkylation sites (N-methyl/N-ethyl adjacent to an activating group) is 2. The molecule has 30 heteroatoms. The van der Waals surface area contributed by atoms with Gasteiger partial charge in [0.25, 0.3) is 0 Å². The summed E-state index contributed by atoms with van der Waals surface area (Å²) in [5.41, 5.74) is 18.9. The number of guanidine groups is 1. The molecule has 0 spiro atoms. The molecule has 3 aliphatic heterocycles. The topological polar surface area (TPSA) is 456 Å². The quantitative estimate of drug-likeness (QED) is 0.0244. The molecule has 2 fully saturated rings. The van der Waals surface area contributed by atoms with Gasteiger partial charge in [-0.05, 0) is 115 Å². The lowest BCUT2D eigenvalue weighted by Crippen LogP contribution is -2.58. The number of aliphatic carboxylic acids is 2. The Morgan fingerprint density at radius 1 is 0.561 bits per heavy atom. The van der Waals surface area contributed by atoms with Gasteiger partial charge in [-0.2, -0.15) is 0 Å². The highest BCUT2D eigenvalue weighted by Gasteiger charge is 2.45. The van der Waals surface area contributed by atoms with Crippen molar-refractivity contribution < 1.29 is 67.7 Å². The third kappa shape index (κ3) is 21.9. The van der Waals surface area contributed by atoms with E-state index in [0.717, 1.165) is 16.8 Å². The number of nitrogens with two attached hydrogens (primary N) is 3. The average Bonchev–Trinajstić information content (AvgIpc) is 1.18. The number of carboxylic acids is 2. The maximum absolute atomic E-state index is 15.5. The zero-order valence-corrected chi connectivity index (χ0v) is 60.0. The molecule has 0 bridgehead atoms. The zero-order chi connectivity index (χ0) is 76.8. The Morgan fingerprint density at radius 3 is 1.68 bits per heavy atom. The first-order chi connectivity index (χ1) is 51.3. The molecule has 1 aliphatic carbocycles. The molecule has 9 unspecified atom stereocenters. The normalized spacial score (nSPS) is 23.3. The lowest BCUT2D eigenvalue weighted by atomic mass is 9.93. The molecular formula is C77H96N16O14. The van der Waals surface area contributed by atoms with Gasteiger partial charge in [0, 0.05) is 58.3 Å². The summed E-state index contributed by atoms with van der Waals surface area (Å²) in [6.45, 7) is 0.524. The van der Waals surface area contributed by atoms with Gasteiger partial charge in [0.2, 0.25) is 59.1 Å². The van der Waals surface area contributed by atoms with Crippen molar-refractivity contribution in [2.75, 3.05) is 40.3 Å². The van der Waals surface area contributed by atoms with E-state index in [1.165, 1.54) is 33.7 Å². The predicted octanol–water partition coefficient (Wildman–Crippen LogP) is 2.58. The standard InChI is InChI=1S/C77H96N16O14/c1-90-62(53-29-13-25-48-23-9-11-27-51(48)53)45-66(96)86-57(39-46-19-5-3-6-20-46)70(102)89-58(43-68(99)100)69(101)84-50(42-67(97)98)41-64(94)87-59(40-47-21-7-4-8-22-47)73(105)91(2)63(54-30-14-26-49-24-10-12-28-52(49)54)44-65(95)85-56(32-16-36-83-77(80)81)74(106)93-38-18-34-61(93)75(107)92-37-17-33-60(92)71(103)88-55(72(90)104)31-15-35-82-76(78)79/h3,5-7,9-14,19-30,41,55-63,77,83H,4,8,15-18,31-40,42-45,80-81H2,1-2H3,(H,84,101)(H,85,95)(H,86,96)(H,87,94)(H,88,103)(H,89,102)(H,97,98)(H,99,100)(H4,78,79,82). The number of amides is 10. The number of carbonyl (C=O) groups is 12. The van der Waals surface area contributed by atoms with Crippen molar-refractivity contribution >= 4 is 98.5 Å². The number of hydrogen-bond donors (Lipinski definition) is 14. The Bertz CT molecular complexity index is 4210. The van der Waals surface area contributed by atoms with E-state index < -0.39 is 163 Å². The van der Waals surface area contributed by atoms with E-state index in [-0.39, 0.29) is 83.5 Å². The molecule has 9 atom stereocenters. The van der Waals surface area contributed by atoms with Crippen molar-refractivity contribution in [3.05, 3.63) is 168 Å². The fourth-order valence-electron chi connectivity index (χ4n) is 14.4. The average molecular weight is 1470 g/mol. The number of fused-ring (bicyclic) bond motifs is 4. The number of carbonyl (C=O) groups excluding carboxylic acids is 10. The maximum Gasteiger partial charge on any atom is 0.309 e. The molecule has 9 rings (SSSR count). The first-order valence-corrected chi connectivity index (χ1v) is 36.1. The summed E-state index contributed by atoms with van der Waals surface area (Å²) in [7, 11) is 2.90. The maximum atomic E-state index is 15.5. The van der Waals surface area contributed by atoms with Crippen LogP contribution in [0.4, 0.5) is 0 Å². The van der Waals surface area contributed by atoms with Gasteiger partial charge in [0.1, 0.15) is 48.6 Å².